The van der Waals surface area contributed by atoms with Crippen molar-refractivity contribution in [1.29, 1.82) is 0 Å². The Labute approximate surface area is 66.1 Å². The molecule has 1 radical (unpaired) electrons. The van der Waals surface area contributed by atoms with Crippen molar-refractivity contribution in [2.45, 2.75) is 26.4 Å². The van der Waals surface area contributed by atoms with Crippen molar-refractivity contribution >= 4 is 6.16 Å². The predicted molar refractivity (Wildman–Crippen MR) is 37.7 cm³/mol. The van der Waals surface area contributed by atoms with Crippen LogP contribution in [0.3, 0.4) is 0 Å². The fraction of sp³-hybridized carbons (Fsp3) is 0.857. The molecule has 0 aromatic rings. The lowest BCUT2D eigenvalue weighted by Gasteiger charge is -2.18. The zero-order valence-corrected chi connectivity index (χ0v) is 7.05. The maximum absolute atomic E-state index is 10.6. The average Bonchev–Trinajstić information content (AvgIpc) is 1.79. The molecule has 0 aliphatic rings. The molecule has 0 amide bonds. The summed E-state index contributed by atoms with van der Waals surface area (Å²) in [5.41, 5.74) is -0.556. The maximum Gasteiger partial charge on any atom is 0.508 e. The molecular formula is C7H13O4. The lowest BCUT2D eigenvalue weighted by Crippen LogP contribution is -2.25. The van der Waals surface area contributed by atoms with Crippen molar-refractivity contribution in [3.63, 3.8) is 0 Å². The van der Waals surface area contributed by atoms with Gasteiger partial charge in [0.15, 0.2) is 0 Å². The zero-order valence-electron chi connectivity index (χ0n) is 7.05. The Morgan fingerprint density at radius 3 is 2.27 bits per heavy atom. The predicted octanol–water partition coefficient (Wildman–Crippen LogP) is 1.37. The van der Waals surface area contributed by atoms with Gasteiger partial charge in [-0.2, -0.15) is 0 Å². The topological polar surface area (TPSA) is 55.4 Å². The molecular weight excluding hydrogens is 148 g/mol. The molecule has 0 spiro atoms. The van der Waals surface area contributed by atoms with Gasteiger partial charge in [-0.3, -0.25) is 0 Å². The molecule has 0 rings (SSSR count). The van der Waals surface area contributed by atoms with Gasteiger partial charge in [-0.25, -0.2) is 9.90 Å². The third-order valence-electron chi connectivity index (χ3n) is 0.693. The second-order valence-electron chi connectivity index (χ2n) is 3.02. The molecule has 0 aromatic carbocycles. The van der Waals surface area contributed by atoms with E-state index < -0.39 is 18.4 Å². The van der Waals surface area contributed by atoms with Crippen LogP contribution in [0.2, 0.25) is 0 Å². The smallest absolute Gasteiger partial charge is 0.432 e. The van der Waals surface area contributed by atoms with Gasteiger partial charge in [0.1, 0.15) is 18.8 Å². The number of rotatable bonds is 2. The van der Waals surface area contributed by atoms with Crippen LogP contribution in [0.5, 0.6) is 0 Å². The number of hydrogen-bond donors (Lipinski definition) is 0. The number of carbonyl (C=O) groups excluding carboxylic acids is 1. The van der Waals surface area contributed by atoms with E-state index in [1.54, 1.807) is 20.8 Å². The molecule has 0 heterocycles. The molecule has 0 bridgehead atoms. The van der Waals surface area contributed by atoms with Gasteiger partial charge in [0.05, 0.1) is 0 Å². The molecule has 65 valence electrons. The Bertz CT molecular complexity index is 125. The van der Waals surface area contributed by atoms with E-state index in [9.17, 15) is 9.90 Å². The Balaban J connectivity index is 3.53. The fourth-order valence-electron chi connectivity index (χ4n) is 0.404. The summed E-state index contributed by atoms with van der Waals surface area (Å²) in [6.45, 7) is 4.62. The molecule has 4 nitrogen and oxygen atoms in total. The normalized spacial score (nSPS) is 10.9. The van der Waals surface area contributed by atoms with E-state index in [1.165, 1.54) is 0 Å². The molecule has 0 atom stereocenters. The standard InChI is InChI=1S/C7H13O4/c1-7(2,3)11-6(9)10-5-4-8/h4-5H2,1-3H3. The van der Waals surface area contributed by atoms with E-state index in [-0.39, 0.29) is 6.61 Å². The zero-order chi connectivity index (χ0) is 8.91. The molecule has 0 aromatic heterocycles. The van der Waals surface area contributed by atoms with Crippen LogP contribution in [0.15, 0.2) is 0 Å². The summed E-state index contributed by atoms with van der Waals surface area (Å²) in [5, 5.41) is 9.87. The van der Waals surface area contributed by atoms with Crippen molar-refractivity contribution < 1.29 is 19.4 Å². The second-order valence-corrected chi connectivity index (χ2v) is 3.02. The first kappa shape index (κ1) is 10.2. The lowest BCUT2D eigenvalue weighted by molar-refractivity contribution is -0.0170. The van der Waals surface area contributed by atoms with Crippen molar-refractivity contribution in [1.82, 2.24) is 0 Å². The van der Waals surface area contributed by atoms with Crippen LogP contribution in [0, 0.1) is 0 Å². The molecule has 0 unspecified atom stereocenters. The molecule has 4 heteroatoms. The first-order valence-electron chi connectivity index (χ1n) is 3.39. The minimum atomic E-state index is -0.784. The van der Waals surface area contributed by atoms with E-state index in [4.69, 9.17) is 4.74 Å². The van der Waals surface area contributed by atoms with E-state index in [0.29, 0.717) is 0 Å². The summed E-state index contributed by atoms with van der Waals surface area (Å²) in [7, 11) is 0. The van der Waals surface area contributed by atoms with Gasteiger partial charge in [0.25, 0.3) is 0 Å². The SMILES string of the molecule is CC(C)(C)OC(=O)OCC[O]. The largest absolute Gasteiger partial charge is 0.508 e. The van der Waals surface area contributed by atoms with E-state index >= 15 is 0 Å². The molecule has 11 heavy (non-hydrogen) atoms. The Morgan fingerprint density at radius 2 is 1.91 bits per heavy atom. The average molecular weight is 161 g/mol. The van der Waals surface area contributed by atoms with Crippen LogP contribution < -0.4 is 0 Å². The minimum absolute atomic E-state index is 0.130. The van der Waals surface area contributed by atoms with Crippen molar-refractivity contribution in [2.24, 2.45) is 0 Å². The van der Waals surface area contributed by atoms with Crippen LogP contribution in [0.25, 0.3) is 0 Å². The van der Waals surface area contributed by atoms with Crippen LogP contribution >= 0.6 is 0 Å². The number of ether oxygens (including phenoxy) is 2. The van der Waals surface area contributed by atoms with Gasteiger partial charge >= 0.3 is 6.16 Å². The van der Waals surface area contributed by atoms with Crippen LogP contribution in [-0.2, 0) is 14.6 Å². The van der Waals surface area contributed by atoms with E-state index in [0.717, 1.165) is 0 Å². The minimum Gasteiger partial charge on any atom is -0.432 e. The van der Waals surface area contributed by atoms with Crippen molar-refractivity contribution in [2.75, 3.05) is 13.2 Å². The molecule has 0 fully saturated rings. The fourth-order valence-corrected chi connectivity index (χ4v) is 0.404. The lowest BCUT2D eigenvalue weighted by atomic mass is 10.2. The Hall–Kier alpha value is -0.770. The van der Waals surface area contributed by atoms with Gasteiger partial charge in [-0.15, -0.1) is 0 Å². The van der Waals surface area contributed by atoms with Gasteiger partial charge in [0, 0.05) is 0 Å². The third-order valence-corrected chi connectivity index (χ3v) is 0.693. The molecule has 0 saturated heterocycles. The van der Waals surface area contributed by atoms with Crippen molar-refractivity contribution in [3.8, 4) is 0 Å². The highest BCUT2D eigenvalue weighted by Gasteiger charge is 2.16. The molecule has 0 aliphatic carbocycles. The number of hydrogen-bond acceptors (Lipinski definition) is 3. The summed E-state index contributed by atoms with van der Waals surface area (Å²) in [6, 6.07) is 0. The Kier molecular flexibility index (Phi) is 3.89. The quantitative estimate of drug-likeness (QED) is 0.574. The monoisotopic (exact) mass is 161 g/mol. The van der Waals surface area contributed by atoms with Crippen LogP contribution in [0.1, 0.15) is 20.8 Å². The highest BCUT2D eigenvalue weighted by atomic mass is 16.7. The summed E-state index contributed by atoms with van der Waals surface area (Å²) in [5.74, 6) is 0. The second kappa shape index (κ2) is 4.18. The summed E-state index contributed by atoms with van der Waals surface area (Å²) >= 11 is 0. The van der Waals surface area contributed by atoms with Gasteiger partial charge in [-0.05, 0) is 20.8 Å². The first-order valence-corrected chi connectivity index (χ1v) is 3.39. The molecule has 0 saturated carbocycles. The first-order chi connectivity index (χ1) is 4.95. The van der Waals surface area contributed by atoms with Gasteiger partial charge in [0.2, 0.25) is 0 Å². The van der Waals surface area contributed by atoms with Gasteiger partial charge < -0.3 is 9.47 Å². The summed E-state index contributed by atoms with van der Waals surface area (Å²) < 4.78 is 9.13. The van der Waals surface area contributed by atoms with Gasteiger partial charge in [-0.1, -0.05) is 0 Å². The third kappa shape index (κ3) is 7.12. The Morgan fingerprint density at radius 1 is 1.36 bits per heavy atom. The molecule has 0 aliphatic heterocycles. The van der Waals surface area contributed by atoms with Crippen LogP contribution in [0.4, 0.5) is 4.79 Å². The maximum atomic E-state index is 10.6. The van der Waals surface area contributed by atoms with Crippen molar-refractivity contribution in [3.05, 3.63) is 0 Å². The summed E-state index contributed by atoms with van der Waals surface area (Å²) in [6.07, 6.45) is -0.784. The number of carbonyl (C=O) groups is 1. The van der Waals surface area contributed by atoms with E-state index in [2.05, 4.69) is 4.74 Å². The highest BCUT2D eigenvalue weighted by Crippen LogP contribution is 2.07. The highest BCUT2D eigenvalue weighted by molar-refractivity contribution is 5.60. The van der Waals surface area contributed by atoms with E-state index in [1.807, 2.05) is 0 Å². The molecule has 0 N–H and O–H groups in total. The summed E-state index contributed by atoms with van der Waals surface area (Å²) in [4.78, 5) is 10.6. The van der Waals surface area contributed by atoms with Crippen LogP contribution in [-0.4, -0.2) is 25.0 Å².